The Morgan fingerprint density at radius 3 is 2.67 bits per heavy atom. The number of carbonyl (C=O) groups excluding carboxylic acids is 2. The van der Waals surface area contributed by atoms with Crippen molar-refractivity contribution in [3.63, 3.8) is 0 Å². The average Bonchev–Trinajstić information content (AvgIpc) is 3.57. The van der Waals surface area contributed by atoms with E-state index in [0.29, 0.717) is 17.6 Å². The summed E-state index contributed by atoms with van der Waals surface area (Å²) in [5.41, 5.74) is 10.1. The number of primary amides is 1. The Morgan fingerprint density at radius 2 is 1.92 bits per heavy atom. The van der Waals surface area contributed by atoms with Crippen molar-refractivity contribution in [3.8, 4) is 6.07 Å². The number of aromatic amines is 1. The third-order valence-electron chi connectivity index (χ3n) is 7.47. The standard InChI is InChI=1S/C30H34N6O3/c1-2-10-36(30(32)38)29(37)28-18-23-17-24(7-9-27(23)39-28)35-14-12-34(13-15-35)11-4-3-5-22-20-33-26-8-6-21(19-31)16-25(22)26/h6-9,16-18,20,33H,2-5,10-15H2,1H3,(H2,32,38). The highest BCUT2D eigenvalue weighted by molar-refractivity contribution is 6.04. The van der Waals surface area contributed by atoms with Crippen molar-refractivity contribution in [1.29, 1.82) is 5.26 Å². The number of anilines is 1. The number of H-pyrrole nitrogens is 1. The highest BCUT2D eigenvalue weighted by Crippen LogP contribution is 2.27. The minimum atomic E-state index is -0.770. The molecule has 1 fully saturated rings. The molecular weight excluding hydrogens is 492 g/mol. The number of nitrogens with one attached hydrogen (secondary N) is 1. The van der Waals surface area contributed by atoms with Crippen molar-refractivity contribution in [1.82, 2.24) is 14.8 Å². The average molecular weight is 527 g/mol. The van der Waals surface area contributed by atoms with E-state index < -0.39 is 11.9 Å². The molecule has 3 heterocycles. The molecule has 1 aliphatic heterocycles. The zero-order valence-electron chi connectivity index (χ0n) is 22.3. The quantitative estimate of drug-likeness (QED) is 0.300. The van der Waals surface area contributed by atoms with E-state index in [2.05, 4.69) is 27.0 Å². The number of hydrogen-bond acceptors (Lipinski definition) is 6. The molecule has 1 saturated heterocycles. The van der Waals surface area contributed by atoms with Gasteiger partial charge in [0.2, 0.25) is 0 Å². The van der Waals surface area contributed by atoms with Gasteiger partial charge in [0.25, 0.3) is 5.91 Å². The van der Waals surface area contributed by atoms with Gasteiger partial charge in [0.1, 0.15) is 5.58 Å². The largest absolute Gasteiger partial charge is 0.451 e. The molecule has 0 spiro atoms. The second-order valence-electron chi connectivity index (χ2n) is 10.1. The van der Waals surface area contributed by atoms with E-state index in [1.165, 1.54) is 5.56 Å². The molecule has 0 atom stereocenters. The van der Waals surface area contributed by atoms with E-state index in [9.17, 15) is 14.9 Å². The van der Waals surface area contributed by atoms with Crippen molar-refractivity contribution in [2.24, 2.45) is 5.73 Å². The molecule has 3 amide bonds. The number of nitrogens with zero attached hydrogens (tertiary/aromatic N) is 4. The smallest absolute Gasteiger partial charge is 0.321 e. The zero-order valence-corrected chi connectivity index (χ0v) is 22.3. The predicted molar refractivity (Wildman–Crippen MR) is 152 cm³/mol. The SMILES string of the molecule is CCCN(C(N)=O)C(=O)c1cc2cc(N3CCN(CCCCc4c[nH]c5ccc(C#N)cc45)CC3)ccc2o1. The number of imide groups is 1. The van der Waals surface area contributed by atoms with Gasteiger partial charge >= 0.3 is 6.03 Å². The summed E-state index contributed by atoms with van der Waals surface area (Å²) < 4.78 is 5.74. The summed E-state index contributed by atoms with van der Waals surface area (Å²) in [6.45, 7) is 7.06. The molecule has 0 unspecified atom stereocenters. The summed E-state index contributed by atoms with van der Waals surface area (Å²) >= 11 is 0. The number of aromatic nitrogens is 1. The van der Waals surface area contributed by atoms with Crippen molar-refractivity contribution in [2.75, 3.05) is 44.2 Å². The van der Waals surface area contributed by atoms with Gasteiger partial charge in [0.15, 0.2) is 5.76 Å². The molecule has 5 rings (SSSR count). The Kier molecular flexibility index (Phi) is 7.84. The van der Waals surface area contributed by atoms with Gasteiger partial charge in [-0.3, -0.25) is 14.6 Å². The minimum Gasteiger partial charge on any atom is -0.451 e. The van der Waals surface area contributed by atoms with Crippen LogP contribution in [0.4, 0.5) is 10.5 Å². The number of benzene rings is 2. The number of piperazine rings is 1. The van der Waals surface area contributed by atoms with Crippen LogP contribution < -0.4 is 10.6 Å². The molecular formula is C30H34N6O3. The van der Waals surface area contributed by atoms with Gasteiger partial charge in [-0.25, -0.2) is 4.79 Å². The summed E-state index contributed by atoms with van der Waals surface area (Å²) in [6, 6.07) is 14.9. The maximum absolute atomic E-state index is 12.7. The van der Waals surface area contributed by atoms with Crippen LogP contribution in [0.1, 0.15) is 47.9 Å². The molecule has 0 bridgehead atoms. The summed E-state index contributed by atoms with van der Waals surface area (Å²) in [5.74, 6) is -0.385. The molecule has 0 saturated carbocycles. The van der Waals surface area contributed by atoms with Gasteiger partial charge in [-0.05, 0) is 80.3 Å². The first-order valence-electron chi connectivity index (χ1n) is 13.6. The first kappa shape index (κ1) is 26.3. The monoisotopic (exact) mass is 526 g/mol. The van der Waals surface area contributed by atoms with Crippen molar-refractivity contribution < 1.29 is 14.0 Å². The predicted octanol–water partition coefficient (Wildman–Crippen LogP) is 4.86. The lowest BCUT2D eigenvalue weighted by atomic mass is 10.1. The highest BCUT2D eigenvalue weighted by atomic mass is 16.3. The fourth-order valence-corrected chi connectivity index (χ4v) is 5.34. The maximum Gasteiger partial charge on any atom is 0.321 e. The molecule has 3 N–H and O–H groups in total. The topological polar surface area (TPSA) is 123 Å². The van der Waals surface area contributed by atoms with Crippen LogP contribution in [0.5, 0.6) is 0 Å². The van der Waals surface area contributed by atoms with E-state index in [4.69, 9.17) is 10.2 Å². The molecule has 0 radical (unpaired) electrons. The zero-order chi connectivity index (χ0) is 27.4. The third-order valence-corrected chi connectivity index (χ3v) is 7.47. The number of amides is 3. The summed E-state index contributed by atoms with van der Waals surface area (Å²) in [6.07, 6.45) is 5.93. The number of furan rings is 1. The fourth-order valence-electron chi connectivity index (χ4n) is 5.34. The lowest BCUT2D eigenvalue weighted by molar-refractivity contribution is 0.0780. The number of fused-ring (bicyclic) bond motifs is 2. The van der Waals surface area contributed by atoms with E-state index in [-0.39, 0.29) is 12.3 Å². The Morgan fingerprint density at radius 1 is 1.10 bits per heavy atom. The second kappa shape index (κ2) is 11.6. The summed E-state index contributed by atoms with van der Waals surface area (Å²) in [5, 5.41) is 11.2. The molecule has 2 aromatic carbocycles. The van der Waals surface area contributed by atoms with Crippen LogP contribution in [-0.2, 0) is 6.42 Å². The number of hydrogen-bond donors (Lipinski definition) is 2. The van der Waals surface area contributed by atoms with Gasteiger partial charge in [0.05, 0.1) is 11.6 Å². The molecule has 4 aromatic rings. The number of nitrogens with two attached hydrogens (primary N) is 1. The van der Waals surface area contributed by atoms with Crippen molar-refractivity contribution in [3.05, 3.63) is 65.5 Å². The van der Waals surface area contributed by atoms with Gasteiger partial charge in [-0.2, -0.15) is 5.26 Å². The van der Waals surface area contributed by atoms with Crippen molar-refractivity contribution >= 4 is 39.5 Å². The van der Waals surface area contributed by atoms with E-state index >= 15 is 0 Å². The molecule has 9 heteroatoms. The number of rotatable bonds is 9. The normalized spacial score (nSPS) is 14.1. The molecule has 1 aliphatic rings. The van der Waals surface area contributed by atoms with Crippen LogP contribution in [-0.4, -0.2) is 66.0 Å². The van der Waals surface area contributed by atoms with Gasteiger partial charge in [-0.15, -0.1) is 0 Å². The summed E-state index contributed by atoms with van der Waals surface area (Å²) in [7, 11) is 0. The minimum absolute atomic E-state index is 0.123. The van der Waals surface area contributed by atoms with Gasteiger partial charge < -0.3 is 20.0 Å². The van der Waals surface area contributed by atoms with Gasteiger partial charge in [-0.1, -0.05) is 6.92 Å². The van der Waals surface area contributed by atoms with Crippen LogP contribution in [0.2, 0.25) is 0 Å². The van der Waals surface area contributed by atoms with Crippen LogP contribution >= 0.6 is 0 Å². The molecule has 39 heavy (non-hydrogen) atoms. The molecule has 2 aromatic heterocycles. The Labute approximate surface area is 227 Å². The Bertz CT molecular complexity index is 1520. The number of unbranched alkanes of at least 4 members (excludes halogenated alkanes) is 1. The van der Waals surface area contributed by atoms with E-state index in [1.54, 1.807) is 6.07 Å². The highest BCUT2D eigenvalue weighted by Gasteiger charge is 2.24. The maximum atomic E-state index is 12.7. The van der Waals surface area contributed by atoms with E-state index in [1.807, 2.05) is 43.3 Å². The Hall–Kier alpha value is -4.29. The van der Waals surface area contributed by atoms with Crippen molar-refractivity contribution in [2.45, 2.75) is 32.6 Å². The van der Waals surface area contributed by atoms with Crippen LogP contribution in [0.15, 0.2) is 53.1 Å². The van der Waals surface area contributed by atoms with Crippen LogP contribution in [0.25, 0.3) is 21.9 Å². The first-order chi connectivity index (χ1) is 19.0. The van der Waals surface area contributed by atoms with Crippen LogP contribution in [0.3, 0.4) is 0 Å². The molecule has 0 aliphatic carbocycles. The first-order valence-corrected chi connectivity index (χ1v) is 13.6. The number of urea groups is 1. The lowest BCUT2D eigenvalue weighted by Crippen LogP contribution is -2.46. The van der Waals surface area contributed by atoms with Gasteiger partial charge in [0, 0.05) is 60.9 Å². The number of carbonyl (C=O) groups is 2. The van der Waals surface area contributed by atoms with Crippen LogP contribution in [0, 0.1) is 11.3 Å². The van der Waals surface area contributed by atoms with E-state index in [0.717, 1.165) is 78.9 Å². The number of aryl methyl sites for hydroxylation is 1. The lowest BCUT2D eigenvalue weighted by Gasteiger charge is -2.36. The Balaban J connectivity index is 1.12. The summed E-state index contributed by atoms with van der Waals surface area (Å²) in [4.78, 5) is 33.6. The second-order valence-corrected chi connectivity index (χ2v) is 10.1. The molecule has 202 valence electrons. The number of nitriles is 1. The fraction of sp³-hybridized carbons (Fsp3) is 0.367. The molecule has 9 nitrogen and oxygen atoms in total. The third kappa shape index (κ3) is 5.76.